The van der Waals surface area contributed by atoms with E-state index in [4.69, 9.17) is 0 Å². The molecule has 3 atom stereocenters. The number of aliphatic hydroxyl groups is 2. The Morgan fingerprint density at radius 2 is 1.98 bits per heavy atom. The minimum Gasteiger partial charge on any atom is -0.394 e. The van der Waals surface area contributed by atoms with Gasteiger partial charge >= 0.3 is 0 Å². The topological polar surface area (TPSA) is 113 Å². The average molecular weight is 612 g/mol. The van der Waals surface area contributed by atoms with Crippen LogP contribution in [0.5, 0.6) is 0 Å². The molecule has 3 N–H and O–H groups in total. The first-order valence-electron chi connectivity index (χ1n) is 13.8. The van der Waals surface area contributed by atoms with Crippen molar-refractivity contribution in [1.29, 1.82) is 0 Å². The summed E-state index contributed by atoms with van der Waals surface area (Å²) in [6.07, 6.45) is 5.26. The minimum atomic E-state index is -1.80. The Morgan fingerprint density at radius 1 is 1.20 bits per heavy atom. The summed E-state index contributed by atoms with van der Waals surface area (Å²) >= 11 is 3.48. The molecule has 2 aromatic carbocycles. The minimum absolute atomic E-state index is 0.0238. The summed E-state index contributed by atoms with van der Waals surface area (Å²) in [6.45, 7) is 4.29. The van der Waals surface area contributed by atoms with Crippen LogP contribution in [0, 0.1) is 5.92 Å². The second-order valence-electron chi connectivity index (χ2n) is 10.7. The maximum absolute atomic E-state index is 13.9. The number of rotatable bonds is 8. The molecule has 3 aliphatic heterocycles. The van der Waals surface area contributed by atoms with Gasteiger partial charge in [-0.2, -0.15) is 0 Å². The van der Waals surface area contributed by atoms with Gasteiger partial charge in [0.15, 0.2) is 5.60 Å². The molecule has 3 amide bonds. The molecule has 0 aromatic heterocycles. The van der Waals surface area contributed by atoms with Crippen molar-refractivity contribution in [3.8, 4) is 0 Å². The lowest BCUT2D eigenvalue weighted by Crippen LogP contribution is -2.48. The van der Waals surface area contributed by atoms with Crippen molar-refractivity contribution in [1.82, 2.24) is 10.2 Å². The monoisotopic (exact) mass is 610 g/mol. The third-order valence-corrected chi connectivity index (χ3v) is 8.69. The second kappa shape index (κ2) is 11.8. The van der Waals surface area contributed by atoms with E-state index in [9.17, 15) is 24.6 Å². The lowest BCUT2D eigenvalue weighted by atomic mass is 9.83. The number of halogens is 1. The molecule has 212 valence electrons. The van der Waals surface area contributed by atoms with E-state index in [1.54, 1.807) is 39.8 Å². The summed E-state index contributed by atoms with van der Waals surface area (Å²) in [5.74, 6) is -1.07. The Kier molecular flexibility index (Phi) is 8.42. The van der Waals surface area contributed by atoms with Crippen LogP contribution in [0.3, 0.4) is 0 Å². The molecule has 0 unspecified atom stereocenters. The molecule has 0 spiro atoms. The van der Waals surface area contributed by atoms with Crippen LogP contribution in [0.4, 0.5) is 11.4 Å². The molecular formula is C30H35BrN4O5. The van der Waals surface area contributed by atoms with Crippen LogP contribution >= 0.6 is 15.9 Å². The predicted molar refractivity (Wildman–Crippen MR) is 156 cm³/mol. The standard InChI is InChI=1S/C30H35BrN4O5/c1-20(4-2-6-27(37)33-14-3-5-24(33)19-36)30(40)25-16-22(31)9-12-26(25)35(29(30)39)18-21-7-10-23(11-8-21)34-15-13-32-17-28(34)38/h2,4,7-12,16,20,24,32,36,40H,3,5-6,13-15,17-19H2,1H3/b4-2+/t20-,24+,30+/m1/s1. The van der Waals surface area contributed by atoms with Crippen molar-refractivity contribution in [3.63, 3.8) is 0 Å². The maximum atomic E-state index is 13.9. The molecule has 3 aliphatic rings. The zero-order valence-corrected chi connectivity index (χ0v) is 24.1. The lowest BCUT2D eigenvalue weighted by molar-refractivity contribution is -0.139. The maximum Gasteiger partial charge on any atom is 0.264 e. The number of likely N-dealkylation sites (tertiary alicyclic amines) is 1. The second-order valence-corrected chi connectivity index (χ2v) is 11.6. The van der Waals surface area contributed by atoms with Gasteiger partial charge in [0.25, 0.3) is 5.91 Å². The van der Waals surface area contributed by atoms with Crippen molar-refractivity contribution in [2.75, 3.05) is 42.6 Å². The Morgan fingerprint density at radius 3 is 2.70 bits per heavy atom. The first kappa shape index (κ1) is 28.5. The number of anilines is 2. The van der Waals surface area contributed by atoms with Crippen molar-refractivity contribution < 1.29 is 24.6 Å². The smallest absolute Gasteiger partial charge is 0.264 e. The Labute approximate surface area is 242 Å². The highest BCUT2D eigenvalue weighted by molar-refractivity contribution is 9.10. The van der Waals surface area contributed by atoms with Crippen LogP contribution in [0.15, 0.2) is 59.1 Å². The van der Waals surface area contributed by atoms with Crippen molar-refractivity contribution in [2.24, 2.45) is 5.92 Å². The molecule has 0 radical (unpaired) electrons. The van der Waals surface area contributed by atoms with Crippen LogP contribution in [-0.2, 0) is 26.5 Å². The van der Waals surface area contributed by atoms with Crippen LogP contribution < -0.4 is 15.1 Å². The van der Waals surface area contributed by atoms with Crippen molar-refractivity contribution in [2.45, 2.75) is 44.4 Å². The quantitative estimate of drug-likeness (QED) is 0.396. The highest BCUT2D eigenvalue weighted by atomic mass is 79.9. The first-order chi connectivity index (χ1) is 19.2. The molecule has 5 rings (SSSR count). The highest BCUT2D eigenvalue weighted by Crippen LogP contribution is 2.46. The molecule has 2 fully saturated rings. The molecule has 40 heavy (non-hydrogen) atoms. The molecule has 0 aliphatic carbocycles. The summed E-state index contributed by atoms with van der Waals surface area (Å²) in [4.78, 5) is 43.9. The van der Waals surface area contributed by atoms with E-state index >= 15 is 0 Å². The number of amides is 3. The van der Waals surface area contributed by atoms with Gasteiger partial charge in [-0.05, 0) is 48.7 Å². The van der Waals surface area contributed by atoms with E-state index in [1.165, 1.54) is 0 Å². The fourth-order valence-corrected chi connectivity index (χ4v) is 6.26. The summed E-state index contributed by atoms with van der Waals surface area (Å²) in [7, 11) is 0. The fourth-order valence-electron chi connectivity index (χ4n) is 5.90. The molecule has 3 heterocycles. The lowest BCUT2D eigenvalue weighted by Gasteiger charge is -2.28. The van der Waals surface area contributed by atoms with E-state index in [-0.39, 0.29) is 37.4 Å². The predicted octanol–water partition coefficient (Wildman–Crippen LogP) is 2.69. The van der Waals surface area contributed by atoms with E-state index in [0.29, 0.717) is 30.9 Å². The molecule has 0 bridgehead atoms. The fraction of sp³-hybridized carbons (Fsp3) is 0.433. The zero-order chi connectivity index (χ0) is 28.4. The Balaban J connectivity index is 1.33. The molecule has 2 saturated heterocycles. The number of nitrogens with zero attached hydrogens (tertiary/aromatic N) is 3. The summed E-state index contributed by atoms with van der Waals surface area (Å²) in [5, 5.41) is 24.5. The van der Waals surface area contributed by atoms with E-state index in [2.05, 4.69) is 21.2 Å². The van der Waals surface area contributed by atoms with E-state index in [1.807, 2.05) is 36.4 Å². The van der Waals surface area contributed by atoms with Crippen LogP contribution in [0.1, 0.15) is 37.3 Å². The summed E-state index contributed by atoms with van der Waals surface area (Å²) < 4.78 is 0.750. The first-order valence-corrected chi connectivity index (χ1v) is 14.5. The third-order valence-electron chi connectivity index (χ3n) is 8.19. The molecule has 0 saturated carbocycles. The SMILES string of the molecule is C[C@H](/C=C/CC(=O)N1CCC[C@H]1CO)[C@@]1(O)C(=O)N(Cc2ccc(N3CCNCC3=O)cc2)c2ccc(Br)cc21. The average Bonchev–Trinajstić information content (AvgIpc) is 3.52. The van der Waals surface area contributed by atoms with Gasteiger partial charge in [0.05, 0.1) is 31.4 Å². The van der Waals surface area contributed by atoms with Gasteiger partial charge in [0.1, 0.15) is 0 Å². The Hall–Kier alpha value is -3.05. The normalized spacial score (nSPS) is 23.8. The van der Waals surface area contributed by atoms with Gasteiger partial charge in [-0.1, -0.05) is 47.1 Å². The number of hydrogen-bond donors (Lipinski definition) is 3. The van der Waals surface area contributed by atoms with E-state index < -0.39 is 17.4 Å². The van der Waals surface area contributed by atoms with Crippen molar-refractivity contribution >= 4 is 45.0 Å². The van der Waals surface area contributed by atoms with Gasteiger partial charge in [-0.15, -0.1) is 0 Å². The van der Waals surface area contributed by atoms with Crippen LogP contribution in [-0.4, -0.2) is 71.7 Å². The third kappa shape index (κ3) is 5.33. The number of piperazine rings is 1. The molecular weight excluding hydrogens is 576 g/mol. The van der Waals surface area contributed by atoms with Crippen LogP contribution in [0.25, 0.3) is 0 Å². The van der Waals surface area contributed by atoms with E-state index in [0.717, 1.165) is 35.1 Å². The zero-order valence-electron chi connectivity index (χ0n) is 22.6. The number of benzene rings is 2. The number of nitrogens with one attached hydrogen (secondary N) is 1. The molecule has 10 heteroatoms. The number of hydrogen-bond acceptors (Lipinski definition) is 6. The summed E-state index contributed by atoms with van der Waals surface area (Å²) in [6, 6.07) is 12.9. The van der Waals surface area contributed by atoms with Gasteiger partial charge in [0.2, 0.25) is 11.8 Å². The van der Waals surface area contributed by atoms with Crippen molar-refractivity contribution in [3.05, 3.63) is 70.2 Å². The summed E-state index contributed by atoms with van der Waals surface area (Å²) in [5.41, 5.74) is 1.04. The van der Waals surface area contributed by atoms with Gasteiger partial charge in [-0.25, -0.2) is 0 Å². The number of carbonyl (C=O) groups is 3. The van der Waals surface area contributed by atoms with Gasteiger partial charge < -0.3 is 30.2 Å². The van der Waals surface area contributed by atoms with Gasteiger partial charge in [0, 0.05) is 47.7 Å². The number of fused-ring (bicyclic) bond motifs is 1. The number of carbonyl (C=O) groups excluding carboxylic acids is 3. The number of aliphatic hydroxyl groups excluding tert-OH is 1. The van der Waals surface area contributed by atoms with Gasteiger partial charge in [-0.3, -0.25) is 14.4 Å². The highest BCUT2D eigenvalue weighted by Gasteiger charge is 2.52. The molecule has 9 nitrogen and oxygen atoms in total. The largest absolute Gasteiger partial charge is 0.394 e. The Bertz CT molecular complexity index is 1320. The molecule has 2 aromatic rings. The van der Waals surface area contributed by atoms with Crippen LogP contribution in [0.2, 0.25) is 0 Å².